The van der Waals surface area contributed by atoms with Crippen molar-refractivity contribution in [3.8, 4) is 57.3 Å². The number of hydrogen-bond donors (Lipinski definition) is 15. The maximum Gasteiger partial charge on any atom is 0.402 e. The lowest BCUT2D eigenvalue weighted by Crippen LogP contribution is -2.65. The quantitative estimate of drug-likeness (QED) is 0.0252. The molecule has 26 heteroatoms. The van der Waals surface area contributed by atoms with Crippen molar-refractivity contribution in [2.24, 2.45) is 0 Å². The summed E-state index contributed by atoms with van der Waals surface area (Å²) < 4.78 is 52.4. The Morgan fingerprint density at radius 2 is 1.04 bits per heavy atom. The number of benzene rings is 4. The third kappa shape index (κ3) is 12.7. The van der Waals surface area contributed by atoms with Crippen molar-refractivity contribution in [3.63, 3.8) is 0 Å². The van der Waals surface area contributed by atoms with Gasteiger partial charge in [0, 0.05) is 30.4 Å². The molecule has 0 amide bonds. The van der Waals surface area contributed by atoms with Gasteiger partial charge in [-0.15, -0.1) is 0 Å². The van der Waals surface area contributed by atoms with Gasteiger partial charge < -0.3 is 114 Å². The van der Waals surface area contributed by atoms with Crippen LogP contribution in [0.4, 0.5) is 0 Å². The van der Waals surface area contributed by atoms with Crippen LogP contribution in [0.3, 0.4) is 0 Å². The molecule has 3 aliphatic rings. The van der Waals surface area contributed by atoms with Crippen molar-refractivity contribution < 1.29 is 128 Å². The maximum atomic E-state index is 12.9. The summed E-state index contributed by atoms with van der Waals surface area (Å²) in [5, 5.41) is 158. The van der Waals surface area contributed by atoms with Gasteiger partial charge in [0.05, 0.1) is 18.2 Å². The van der Waals surface area contributed by atoms with E-state index < -0.39 is 158 Å². The van der Waals surface area contributed by atoms with Gasteiger partial charge in [-0.25, -0.2) is 14.0 Å². The van der Waals surface area contributed by atoms with E-state index in [0.717, 1.165) is 42.5 Å². The summed E-state index contributed by atoms with van der Waals surface area (Å²) in [6.45, 7) is -2.41. The van der Waals surface area contributed by atoms with Crippen molar-refractivity contribution >= 4 is 35.1 Å². The van der Waals surface area contributed by atoms with Gasteiger partial charge in [-0.1, -0.05) is 18.2 Å². The fourth-order valence-corrected chi connectivity index (χ4v) is 8.22. The lowest BCUT2D eigenvalue weighted by molar-refractivity contribution is -0.358. The lowest BCUT2D eigenvalue weighted by Gasteiger charge is -2.45. The third-order valence-corrected chi connectivity index (χ3v) is 12.5. The molecule has 0 radical (unpaired) electrons. The van der Waals surface area contributed by atoms with E-state index in [2.05, 4.69) is 0 Å². The molecule has 26 nitrogen and oxygen atoms in total. The largest absolute Gasteiger partial charge is 0.508 e. The van der Waals surface area contributed by atoms with E-state index in [9.17, 15) is 86.2 Å². The zero-order valence-electron chi connectivity index (χ0n) is 39.8. The Bertz CT molecular complexity index is 2950. The number of phenolic OH excluding ortho intramolecular Hbond substituents is 6. The molecule has 5 aromatic rings. The van der Waals surface area contributed by atoms with Gasteiger partial charge in [0.2, 0.25) is 18.3 Å². The number of carbonyl (C=O) groups is 2. The summed E-state index contributed by atoms with van der Waals surface area (Å²) >= 11 is 0. The summed E-state index contributed by atoms with van der Waals surface area (Å²) in [7, 11) is 0. The van der Waals surface area contributed by atoms with Crippen LogP contribution in [-0.4, -0.2) is 200 Å². The number of rotatable bonds is 16. The molecule has 15 atom stereocenters. The predicted molar refractivity (Wildman–Crippen MR) is 256 cm³/mol. The van der Waals surface area contributed by atoms with Gasteiger partial charge in [0.25, 0.3) is 0 Å². The first-order valence-corrected chi connectivity index (χ1v) is 23.4. The fourth-order valence-electron chi connectivity index (χ4n) is 8.22. The Kier molecular flexibility index (Phi) is 17.3. The average Bonchev–Trinajstić information content (AvgIpc) is 3.40. The Morgan fingerprint density at radius 3 is 1.66 bits per heavy atom. The standard InChI is InChI=1S/C51H52O26/c52-18-34-39(61)42(64)45(67)49(74-34)72-32-16-25(54)15-31-26(32)17-33(47(71-31)23-6-10-28(56)30(58)14-23)73-51-48(44(66)41(63)36(76-51)20-70-38(60)12-5-22-3-9-27(55)29(57)13-22)77-50-46(68)43(65)40(62)35(75-50)19-69-37(59)11-4-21-1-7-24(53)8-2-21/h1-17,34-36,39-46,48-52,61-68H,18-20H2,(H5-,53,54,55,56,57,58,59,60)/p+1/t34-,35-,36-,39-,40-,41-,42+,43+,44+,45-,46-,48-,49-,50+,51-/m1/s1. The molecular formula is C51H53O26+. The monoisotopic (exact) mass is 1080 g/mol. The molecule has 4 heterocycles. The number of aliphatic hydroxyl groups is 9. The topological polar surface area (TPSA) is 423 Å². The maximum absolute atomic E-state index is 12.9. The van der Waals surface area contributed by atoms with Crippen molar-refractivity contribution in [2.75, 3.05) is 19.8 Å². The van der Waals surface area contributed by atoms with Crippen LogP contribution in [0.15, 0.2) is 95.4 Å². The smallest absolute Gasteiger partial charge is 0.402 e. The Balaban J connectivity index is 1.13. The molecule has 412 valence electrons. The van der Waals surface area contributed by atoms with Crippen LogP contribution in [0.1, 0.15) is 11.1 Å². The van der Waals surface area contributed by atoms with E-state index in [-0.39, 0.29) is 39.4 Å². The summed E-state index contributed by atoms with van der Waals surface area (Å²) in [5.74, 6) is -5.82. The van der Waals surface area contributed by atoms with Crippen LogP contribution in [0, 0.1) is 0 Å². The van der Waals surface area contributed by atoms with Gasteiger partial charge in [0.15, 0.2) is 35.4 Å². The zero-order valence-corrected chi connectivity index (χ0v) is 39.8. The minimum Gasteiger partial charge on any atom is -0.508 e. The lowest BCUT2D eigenvalue weighted by atomic mass is 9.97. The highest BCUT2D eigenvalue weighted by Gasteiger charge is 2.53. The number of ether oxygens (including phenoxy) is 8. The van der Waals surface area contributed by atoms with Gasteiger partial charge in [-0.3, -0.25) is 0 Å². The van der Waals surface area contributed by atoms with Crippen molar-refractivity contribution in [1.82, 2.24) is 0 Å². The first-order valence-electron chi connectivity index (χ1n) is 23.4. The third-order valence-electron chi connectivity index (χ3n) is 12.5. The van der Waals surface area contributed by atoms with Crippen LogP contribution in [-0.2, 0) is 38.0 Å². The SMILES string of the molecule is O=C(C=Cc1ccc(O)cc1)OC[C@H]1O[C@@H](O[C@H]2[C@H](Oc3cc4c(O[C@@H]5O[C@H](CO)[C@@H](O)[C@H](O)[C@H]5O)cc(O)cc4[o+]c3-c3ccc(O)c(O)c3)O[C@H](COC(=O)C=Cc3ccc(O)c(O)c3)[C@@H](O)[C@@H]2O)[C@H](O)[C@@H](O)[C@@H]1O. The second-order valence-corrected chi connectivity index (χ2v) is 17.8. The van der Waals surface area contributed by atoms with Crippen LogP contribution < -0.4 is 9.47 Å². The Morgan fingerprint density at radius 1 is 0.506 bits per heavy atom. The van der Waals surface area contributed by atoms with E-state index in [1.807, 2.05) is 0 Å². The van der Waals surface area contributed by atoms with Gasteiger partial charge in [-0.2, -0.15) is 0 Å². The number of esters is 2. The molecule has 0 spiro atoms. The normalized spacial score (nSPS) is 29.6. The van der Waals surface area contributed by atoms with E-state index in [1.54, 1.807) is 0 Å². The molecule has 4 aromatic carbocycles. The van der Waals surface area contributed by atoms with Crippen molar-refractivity contribution in [2.45, 2.75) is 92.1 Å². The first kappa shape index (κ1) is 55.8. The second kappa shape index (κ2) is 23.9. The molecule has 0 saturated carbocycles. The number of phenols is 6. The van der Waals surface area contributed by atoms with E-state index >= 15 is 0 Å². The molecule has 0 bridgehead atoms. The number of aromatic hydroxyl groups is 6. The molecule has 3 aliphatic heterocycles. The highest BCUT2D eigenvalue weighted by atomic mass is 16.8. The van der Waals surface area contributed by atoms with Gasteiger partial charge >= 0.3 is 23.3 Å². The van der Waals surface area contributed by atoms with E-state index in [1.165, 1.54) is 60.7 Å². The number of hydrogen-bond acceptors (Lipinski definition) is 25. The van der Waals surface area contributed by atoms with E-state index in [4.69, 9.17) is 42.3 Å². The molecule has 3 saturated heterocycles. The van der Waals surface area contributed by atoms with Gasteiger partial charge in [0.1, 0.15) is 103 Å². The molecular weight excluding hydrogens is 1030 g/mol. The fraction of sp³-hybridized carbons (Fsp3) is 0.353. The highest BCUT2D eigenvalue weighted by molar-refractivity contribution is 5.89. The summed E-state index contributed by atoms with van der Waals surface area (Å²) in [4.78, 5) is 25.6. The Hall–Kier alpha value is -7.41. The number of aliphatic hydroxyl groups excluding tert-OH is 9. The number of carbonyl (C=O) groups excluding carboxylic acids is 2. The van der Waals surface area contributed by atoms with E-state index in [0.29, 0.717) is 5.56 Å². The molecule has 0 aliphatic carbocycles. The second-order valence-electron chi connectivity index (χ2n) is 17.8. The zero-order chi connectivity index (χ0) is 55.4. The average molecular weight is 1080 g/mol. The van der Waals surface area contributed by atoms with Crippen molar-refractivity contribution in [3.05, 3.63) is 102 Å². The first-order chi connectivity index (χ1) is 36.7. The molecule has 77 heavy (non-hydrogen) atoms. The number of fused-ring (bicyclic) bond motifs is 1. The molecule has 8 rings (SSSR count). The minimum atomic E-state index is -2.17. The summed E-state index contributed by atoms with van der Waals surface area (Å²) in [6, 6.07) is 16.1. The molecule has 1 aromatic heterocycles. The van der Waals surface area contributed by atoms with Gasteiger partial charge in [-0.05, 0) is 59.7 Å². The Labute approximate surface area is 434 Å². The molecule has 0 unspecified atom stereocenters. The summed E-state index contributed by atoms with van der Waals surface area (Å²) in [6.07, 6.45) is -24.2. The van der Waals surface area contributed by atoms with Crippen LogP contribution in [0.5, 0.6) is 46.0 Å². The summed E-state index contributed by atoms with van der Waals surface area (Å²) in [5.41, 5.74) is 0.493. The highest BCUT2D eigenvalue weighted by Crippen LogP contribution is 2.44. The van der Waals surface area contributed by atoms with Crippen LogP contribution >= 0.6 is 0 Å². The molecule has 15 N–H and O–H groups in total. The van der Waals surface area contributed by atoms with Crippen LogP contribution in [0.25, 0.3) is 34.4 Å². The van der Waals surface area contributed by atoms with Crippen molar-refractivity contribution in [1.29, 1.82) is 0 Å². The molecule has 3 fully saturated rings. The minimum absolute atomic E-state index is 0.0193. The predicted octanol–water partition coefficient (Wildman–Crippen LogP) is -0.675. The van der Waals surface area contributed by atoms with Crippen LogP contribution in [0.2, 0.25) is 0 Å².